The van der Waals surface area contributed by atoms with Crippen molar-refractivity contribution in [2.24, 2.45) is 5.92 Å². The van der Waals surface area contributed by atoms with Crippen molar-refractivity contribution in [1.29, 1.82) is 0 Å². The van der Waals surface area contributed by atoms with Crippen molar-refractivity contribution in [1.82, 2.24) is 15.8 Å². The molecule has 0 aromatic carbocycles. The number of rotatable bonds is 1. The first-order valence-electron chi connectivity index (χ1n) is 5.06. The minimum atomic E-state index is 0.551. The number of piperidine rings is 1. The first-order chi connectivity index (χ1) is 5.79. The molecular formula is C9H19N3. The van der Waals surface area contributed by atoms with Crippen LogP contribution < -0.4 is 10.9 Å². The average Bonchev–Trinajstić information content (AvgIpc) is 2.47. The molecule has 12 heavy (non-hydrogen) atoms. The van der Waals surface area contributed by atoms with Crippen LogP contribution in [-0.2, 0) is 0 Å². The molecule has 3 heteroatoms. The van der Waals surface area contributed by atoms with Gasteiger partial charge < -0.3 is 0 Å². The van der Waals surface area contributed by atoms with Gasteiger partial charge in [0.15, 0.2) is 0 Å². The van der Waals surface area contributed by atoms with Crippen molar-refractivity contribution in [2.75, 3.05) is 6.54 Å². The summed E-state index contributed by atoms with van der Waals surface area (Å²) < 4.78 is 0. The molecule has 70 valence electrons. The first kappa shape index (κ1) is 8.48. The van der Waals surface area contributed by atoms with Gasteiger partial charge in [0.25, 0.3) is 0 Å². The zero-order chi connectivity index (χ0) is 8.55. The fourth-order valence-electron chi connectivity index (χ4n) is 2.26. The molecule has 0 spiro atoms. The van der Waals surface area contributed by atoms with Gasteiger partial charge in [0, 0.05) is 6.54 Å². The van der Waals surface area contributed by atoms with E-state index in [9.17, 15) is 0 Å². The molecule has 2 N–H and O–H groups in total. The molecule has 0 bridgehead atoms. The third kappa shape index (κ3) is 1.37. The summed E-state index contributed by atoms with van der Waals surface area (Å²) in [5, 5.41) is 0. The predicted molar refractivity (Wildman–Crippen MR) is 49.2 cm³/mol. The molecule has 2 atom stereocenters. The van der Waals surface area contributed by atoms with Crippen LogP contribution in [0.1, 0.15) is 33.1 Å². The summed E-state index contributed by atoms with van der Waals surface area (Å²) >= 11 is 0. The van der Waals surface area contributed by atoms with Crippen molar-refractivity contribution in [3.63, 3.8) is 0 Å². The Hall–Kier alpha value is -0.120. The number of hydrazine groups is 1. The van der Waals surface area contributed by atoms with Gasteiger partial charge in [-0.15, -0.1) is 0 Å². The molecule has 0 saturated carbocycles. The van der Waals surface area contributed by atoms with Crippen LogP contribution >= 0.6 is 0 Å². The molecule has 2 saturated heterocycles. The van der Waals surface area contributed by atoms with E-state index in [1.54, 1.807) is 0 Å². The van der Waals surface area contributed by atoms with Gasteiger partial charge in [-0.2, -0.15) is 0 Å². The normalized spacial score (nSPS) is 37.2. The highest BCUT2D eigenvalue weighted by atomic mass is 15.6. The summed E-state index contributed by atoms with van der Waals surface area (Å²) in [6.45, 7) is 5.81. The third-order valence-electron chi connectivity index (χ3n) is 2.93. The van der Waals surface area contributed by atoms with E-state index in [0.29, 0.717) is 18.2 Å². The Morgan fingerprint density at radius 1 is 1.25 bits per heavy atom. The maximum absolute atomic E-state index is 3.37. The maximum atomic E-state index is 3.37. The van der Waals surface area contributed by atoms with Crippen LogP contribution in [0.5, 0.6) is 0 Å². The van der Waals surface area contributed by atoms with Crippen molar-refractivity contribution in [2.45, 2.75) is 45.4 Å². The first-order valence-corrected chi connectivity index (χ1v) is 5.06. The van der Waals surface area contributed by atoms with Crippen molar-refractivity contribution < 1.29 is 0 Å². The molecule has 2 aliphatic rings. The van der Waals surface area contributed by atoms with E-state index < -0.39 is 0 Å². The van der Waals surface area contributed by atoms with Gasteiger partial charge in [-0.05, 0) is 25.2 Å². The SMILES string of the molecule is CC(C)C1NNC2CCCCN21. The predicted octanol–water partition coefficient (Wildman–Crippen LogP) is 0.888. The van der Waals surface area contributed by atoms with Gasteiger partial charge in [-0.3, -0.25) is 4.90 Å². The largest absolute Gasteiger partial charge is 0.270 e. The monoisotopic (exact) mass is 169 g/mol. The van der Waals surface area contributed by atoms with E-state index in [4.69, 9.17) is 0 Å². The second-order valence-corrected chi connectivity index (χ2v) is 4.23. The second kappa shape index (κ2) is 3.32. The summed E-state index contributed by atoms with van der Waals surface area (Å²) in [5.74, 6) is 0.695. The molecule has 2 fully saturated rings. The van der Waals surface area contributed by atoms with Crippen molar-refractivity contribution in [3.8, 4) is 0 Å². The molecule has 0 aromatic heterocycles. The summed E-state index contributed by atoms with van der Waals surface area (Å²) in [6.07, 6.45) is 5.20. The lowest BCUT2D eigenvalue weighted by Gasteiger charge is -2.33. The second-order valence-electron chi connectivity index (χ2n) is 4.23. The van der Waals surface area contributed by atoms with Gasteiger partial charge in [0.1, 0.15) is 0 Å². The Labute approximate surface area is 74.5 Å². The van der Waals surface area contributed by atoms with E-state index in [1.165, 1.54) is 25.8 Å². The minimum absolute atomic E-state index is 0.551. The van der Waals surface area contributed by atoms with Crippen LogP contribution in [0.25, 0.3) is 0 Å². The quantitative estimate of drug-likeness (QED) is 0.610. The zero-order valence-corrected chi connectivity index (χ0v) is 8.01. The average molecular weight is 169 g/mol. The lowest BCUT2D eigenvalue weighted by molar-refractivity contribution is 0.114. The molecule has 3 nitrogen and oxygen atoms in total. The Bertz CT molecular complexity index is 158. The summed E-state index contributed by atoms with van der Waals surface area (Å²) in [7, 11) is 0. The highest BCUT2D eigenvalue weighted by Crippen LogP contribution is 2.23. The molecule has 2 aliphatic heterocycles. The summed E-state index contributed by atoms with van der Waals surface area (Å²) in [4.78, 5) is 2.56. The maximum Gasteiger partial charge on any atom is 0.0765 e. The number of nitrogens with zero attached hydrogens (tertiary/aromatic N) is 1. The number of nitrogens with one attached hydrogen (secondary N) is 2. The van der Waals surface area contributed by atoms with Gasteiger partial charge in [-0.25, -0.2) is 10.9 Å². The standard InChI is InChI=1S/C9H19N3/c1-7(2)9-11-10-8-5-3-4-6-12(8)9/h7-11H,3-6H2,1-2H3. The minimum Gasteiger partial charge on any atom is -0.270 e. The highest BCUT2D eigenvalue weighted by molar-refractivity contribution is 4.85. The van der Waals surface area contributed by atoms with Crippen LogP contribution in [-0.4, -0.2) is 23.8 Å². The topological polar surface area (TPSA) is 27.3 Å². The zero-order valence-electron chi connectivity index (χ0n) is 8.01. The van der Waals surface area contributed by atoms with Crippen LogP contribution in [0.15, 0.2) is 0 Å². The molecule has 0 amide bonds. The Morgan fingerprint density at radius 2 is 2.08 bits per heavy atom. The van der Waals surface area contributed by atoms with Crippen LogP contribution in [0.3, 0.4) is 0 Å². The van der Waals surface area contributed by atoms with E-state index in [-0.39, 0.29) is 0 Å². The van der Waals surface area contributed by atoms with Crippen molar-refractivity contribution >= 4 is 0 Å². The van der Waals surface area contributed by atoms with Crippen LogP contribution in [0, 0.1) is 5.92 Å². The van der Waals surface area contributed by atoms with Gasteiger partial charge in [0.05, 0.1) is 12.3 Å². The molecular weight excluding hydrogens is 150 g/mol. The van der Waals surface area contributed by atoms with E-state index in [0.717, 1.165) is 0 Å². The fourth-order valence-corrected chi connectivity index (χ4v) is 2.26. The molecule has 2 unspecified atom stereocenters. The molecule has 0 aromatic rings. The number of fused-ring (bicyclic) bond motifs is 1. The number of hydrogen-bond acceptors (Lipinski definition) is 3. The van der Waals surface area contributed by atoms with E-state index >= 15 is 0 Å². The third-order valence-corrected chi connectivity index (χ3v) is 2.93. The lowest BCUT2D eigenvalue weighted by atomic mass is 10.1. The van der Waals surface area contributed by atoms with Crippen LogP contribution in [0.2, 0.25) is 0 Å². The van der Waals surface area contributed by atoms with Gasteiger partial charge >= 0.3 is 0 Å². The Kier molecular flexibility index (Phi) is 2.35. The highest BCUT2D eigenvalue weighted by Gasteiger charge is 2.35. The number of hydrogen-bond donors (Lipinski definition) is 2. The van der Waals surface area contributed by atoms with E-state index in [2.05, 4.69) is 29.6 Å². The lowest BCUT2D eigenvalue weighted by Crippen LogP contribution is -2.45. The van der Waals surface area contributed by atoms with Gasteiger partial charge in [-0.1, -0.05) is 13.8 Å². The smallest absolute Gasteiger partial charge is 0.0765 e. The van der Waals surface area contributed by atoms with Crippen molar-refractivity contribution in [3.05, 3.63) is 0 Å². The molecule has 0 radical (unpaired) electrons. The summed E-state index contributed by atoms with van der Waals surface area (Å²) in [5.41, 5.74) is 6.74. The Balaban J connectivity index is 2.01. The van der Waals surface area contributed by atoms with Crippen LogP contribution in [0.4, 0.5) is 0 Å². The van der Waals surface area contributed by atoms with E-state index in [1.807, 2.05) is 0 Å². The fraction of sp³-hybridized carbons (Fsp3) is 1.00. The molecule has 2 heterocycles. The molecule has 2 rings (SSSR count). The molecule has 0 aliphatic carbocycles. The Morgan fingerprint density at radius 3 is 2.83 bits per heavy atom. The summed E-state index contributed by atoms with van der Waals surface area (Å²) in [6, 6.07) is 0. The van der Waals surface area contributed by atoms with Gasteiger partial charge in [0.2, 0.25) is 0 Å².